The van der Waals surface area contributed by atoms with Crippen molar-refractivity contribution in [1.82, 2.24) is 0 Å². The summed E-state index contributed by atoms with van der Waals surface area (Å²) in [6.07, 6.45) is -10.2. The Labute approximate surface area is 86.1 Å². The van der Waals surface area contributed by atoms with Crippen molar-refractivity contribution in [3.63, 3.8) is 0 Å². The van der Waals surface area contributed by atoms with Crippen molar-refractivity contribution in [2.45, 2.75) is 19.2 Å². The molecule has 2 nitrogen and oxygen atoms in total. The first kappa shape index (κ1) is 12.7. The number of hydrogen-bond donors (Lipinski definition) is 0. The van der Waals surface area contributed by atoms with Crippen LogP contribution in [0.1, 0.15) is 6.92 Å². The summed E-state index contributed by atoms with van der Waals surface area (Å²) in [6.45, 7) is 1.24. The summed E-state index contributed by atoms with van der Waals surface area (Å²) >= 11 is 0. The summed E-state index contributed by atoms with van der Waals surface area (Å²) in [5.74, 6) is -3.11. The van der Waals surface area contributed by atoms with Gasteiger partial charge in [-0.3, -0.25) is 0 Å². The van der Waals surface area contributed by atoms with Gasteiger partial charge in [0, 0.05) is 0 Å². The number of hydrogen-bond acceptors (Lipinski definition) is 2. The van der Waals surface area contributed by atoms with E-state index in [-0.39, 0.29) is 12.7 Å². The Kier molecular flexibility index (Phi) is 3.11. The highest BCUT2D eigenvalue weighted by Crippen LogP contribution is 2.44. The Morgan fingerprint density at radius 3 is 2.31 bits per heavy atom. The van der Waals surface area contributed by atoms with Crippen LogP contribution in [-0.4, -0.2) is 18.9 Å². The minimum Gasteiger partial charge on any atom is -0.466 e. The Balaban J connectivity index is 3.17. The molecule has 0 spiro atoms. The predicted octanol–water partition coefficient (Wildman–Crippen LogP) is 3.27. The smallest absolute Gasteiger partial charge is 0.436 e. The molecule has 0 aromatic heterocycles. The van der Waals surface area contributed by atoms with E-state index < -0.39 is 29.6 Å². The Morgan fingerprint density at radius 2 is 1.94 bits per heavy atom. The summed E-state index contributed by atoms with van der Waals surface area (Å²) in [4.78, 5) is 0. The highest BCUT2D eigenvalue weighted by Gasteiger charge is 2.57. The molecule has 0 saturated heterocycles. The van der Waals surface area contributed by atoms with Crippen LogP contribution in [0.2, 0.25) is 0 Å². The summed E-state index contributed by atoms with van der Waals surface area (Å²) in [5.41, 5.74) is -2.66. The van der Waals surface area contributed by atoms with Crippen molar-refractivity contribution < 1.29 is 35.8 Å². The lowest BCUT2D eigenvalue weighted by molar-refractivity contribution is -0.248. The predicted molar refractivity (Wildman–Crippen MR) is 39.9 cm³/mol. The van der Waals surface area contributed by atoms with Crippen LogP contribution >= 0.6 is 0 Å². The van der Waals surface area contributed by atoms with E-state index in [2.05, 4.69) is 9.47 Å². The van der Waals surface area contributed by atoms with Gasteiger partial charge in [-0.25, -0.2) is 4.39 Å². The lowest BCUT2D eigenvalue weighted by atomic mass is 10.2. The average molecular weight is 248 g/mol. The molecule has 92 valence electrons. The third-order valence-electron chi connectivity index (χ3n) is 1.57. The highest BCUT2D eigenvalue weighted by molar-refractivity contribution is 5.31. The van der Waals surface area contributed by atoms with Crippen LogP contribution in [0, 0.1) is 0 Å². The number of rotatable bonds is 2. The topological polar surface area (TPSA) is 18.5 Å². The molecule has 0 atom stereocenters. The van der Waals surface area contributed by atoms with Crippen LogP contribution in [0.4, 0.5) is 26.3 Å². The molecule has 0 aromatic carbocycles. The van der Waals surface area contributed by atoms with E-state index in [1.807, 2.05) is 0 Å². The van der Waals surface area contributed by atoms with Crippen molar-refractivity contribution in [2.75, 3.05) is 6.61 Å². The van der Waals surface area contributed by atoms with Crippen LogP contribution in [0.3, 0.4) is 0 Å². The molecular weight excluding hydrogens is 242 g/mol. The lowest BCUT2D eigenvalue weighted by Crippen LogP contribution is -2.36. The van der Waals surface area contributed by atoms with Crippen LogP contribution in [0.5, 0.6) is 0 Å². The second-order valence-electron chi connectivity index (χ2n) is 2.74. The maximum absolute atomic E-state index is 12.9. The standard InChI is InChI=1S/C8H6F6O2/c1-2-15-5-3-4(9)6(7(10,11)12)8(13,14)16-5/h3H,2H2,1H3. The minimum atomic E-state index is -5.51. The van der Waals surface area contributed by atoms with Gasteiger partial charge in [0.25, 0.3) is 5.95 Å². The van der Waals surface area contributed by atoms with E-state index in [1.54, 1.807) is 0 Å². The van der Waals surface area contributed by atoms with Gasteiger partial charge in [-0.1, -0.05) is 0 Å². The van der Waals surface area contributed by atoms with Gasteiger partial charge in [0.2, 0.25) is 0 Å². The van der Waals surface area contributed by atoms with Crippen molar-refractivity contribution in [3.8, 4) is 0 Å². The van der Waals surface area contributed by atoms with Crippen LogP contribution < -0.4 is 0 Å². The first-order chi connectivity index (χ1) is 7.18. The maximum atomic E-state index is 12.9. The van der Waals surface area contributed by atoms with E-state index in [0.29, 0.717) is 0 Å². The second kappa shape index (κ2) is 3.91. The van der Waals surface area contributed by atoms with E-state index in [9.17, 15) is 26.3 Å². The van der Waals surface area contributed by atoms with Crippen molar-refractivity contribution in [2.24, 2.45) is 0 Å². The molecule has 0 aromatic rings. The quantitative estimate of drug-likeness (QED) is 0.698. The highest BCUT2D eigenvalue weighted by atomic mass is 19.4. The molecule has 0 saturated carbocycles. The first-order valence-corrected chi connectivity index (χ1v) is 4.07. The summed E-state index contributed by atoms with van der Waals surface area (Å²) < 4.78 is 82.7. The molecule has 1 aliphatic heterocycles. The van der Waals surface area contributed by atoms with E-state index in [4.69, 9.17) is 0 Å². The number of halogens is 6. The second-order valence-corrected chi connectivity index (χ2v) is 2.74. The molecule has 1 aliphatic rings. The third-order valence-corrected chi connectivity index (χ3v) is 1.57. The van der Waals surface area contributed by atoms with Gasteiger partial charge in [-0.05, 0) is 6.92 Å². The van der Waals surface area contributed by atoms with Crippen molar-refractivity contribution >= 4 is 0 Å². The zero-order valence-electron chi connectivity index (χ0n) is 7.87. The first-order valence-electron chi connectivity index (χ1n) is 4.07. The Bertz CT molecular complexity index is 341. The molecule has 0 radical (unpaired) electrons. The average Bonchev–Trinajstić information content (AvgIpc) is 1.97. The van der Waals surface area contributed by atoms with Gasteiger partial charge >= 0.3 is 12.3 Å². The van der Waals surface area contributed by atoms with Gasteiger partial charge in [-0.15, -0.1) is 0 Å². The van der Waals surface area contributed by atoms with Crippen LogP contribution in [0.15, 0.2) is 23.4 Å². The maximum Gasteiger partial charge on any atom is 0.436 e. The number of alkyl halides is 5. The van der Waals surface area contributed by atoms with Gasteiger partial charge in [0.05, 0.1) is 12.7 Å². The Hall–Kier alpha value is -1.34. The molecule has 16 heavy (non-hydrogen) atoms. The van der Waals surface area contributed by atoms with E-state index >= 15 is 0 Å². The van der Waals surface area contributed by atoms with E-state index in [1.165, 1.54) is 6.92 Å². The Morgan fingerprint density at radius 1 is 1.38 bits per heavy atom. The van der Waals surface area contributed by atoms with Gasteiger partial charge in [0.15, 0.2) is 5.57 Å². The fourth-order valence-electron chi connectivity index (χ4n) is 1.04. The third kappa shape index (κ3) is 2.42. The molecule has 0 aliphatic carbocycles. The fourth-order valence-corrected chi connectivity index (χ4v) is 1.04. The number of ether oxygens (including phenoxy) is 2. The summed E-state index contributed by atoms with van der Waals surface area (Å²) in [5, 5.41) is 0. The monoisotopic (exact) mass is 248 g/mol. The zero-order valence-corrected chi connectivity index (χ0v) is 7.87. The number of allylic oxidation sites excluding steroid dienone is 2. The summed E-state index contributed by atoms with van der Waals surface area (Å²) in [6, 6.07) is 0. The van der Waals surface area contributed by atoms with E-state index in [0.717, 1.165) is 0 Å². The molecule has 8 heteroatoms. The molecule has 1 rings (SSSR count). The molecule has 0 bridgehead atoms. The summed E-state index contributed by atoms with van der Waals surface area (Å²) in [7, 11) is 0. The SMILES string of the molecule is CCOC1=CC(F)=C(C(F)(F)F)C(F)(F)O1. The van der Waals surface area contributed by atoms with Crippen LogP contribution in [-0.2, 0) is 9.47 Å². The van der Waals surface area contributed by atoms with Gasteiger partial charge < -0.3 is 9.47 Å². The normalized spacial score (nSPS) is 20.3. The van der Waals surface area contributed by atoms with Crippen LogP contribution in [0.25, 0.3) is 0 Å². The fraction of sp³-hybridized carbons (Fsp3) is 0.500. The molecule has 0 N–H and O–H groups in total. The molecule has 0 amide bonds. The van der Waals surface area contributed by atoms with Crippen molar-refractivity contribution in [1.29, 1.82) is 0 Å². The van der Waals surface area contributed by atoms with Crippen molar-refractivity contribution in [3.05, 3.63) is 23.4 Å². The zero-order chi connectivity index (χ0) is 12.6. The molecule has 1 heterocycles. The molecule has 0 unspecified atom stereocenters. The molecular formula is C8H6F6O2. The van der Waals surface area contributed by atoms with Gasteiger partial charge in [-0.2, -0.15) is 22.0 Å². The largest absolute Gasteiger partial charge is 0.466 e. The van der Waals surface area contributed by atoms with Gasteiger partial charge in [0.1, 0.15) is 5.83 Å². The molecule has 0 fully saturated rings. The lowest BCUT2D eigenvalue weighted by Gasteiger charge is -2.26. The minimum absolute atomic E-state index is 0.129.